The number of aryl methyl sites for hydroxylation is 4. The molecule has 16 aromatic rings. The Labute approximate surface area is 708 Å². The van der Waals surface area contributed by atoms with E-state index in [1.54, 1.807) is 79.9 Å². The van der Waals surface area contributed by atoms with Crippen LogP contribution in [0.25, 0.3) is 45.0 Å². The molecule has 25 nitrogen and oxygen atoms in total. The van der Waals surface area contributed by atoms with Gasteiger partial charge in [-0.3, -0.25) is 0 Å². The Kier molecular flexibility index (Phi) is 28.6. The van der Waals surface area contributed by atoms with Crippen molar-refractivity contribution in [1.29, 1.82) is 0 Å². The van der Waals surface area contributed by atoms with Crippen molar-refractivity contribution in [2.45, 2.75) is 86.7 Å². The molecule has 16 rings (SSSR count). The highest BCUT2D eigenvalue weighted by atomic mass is 16.6. The average Bonchev–Trinajstić information content (AvgIpc) is 1.73. The lowest BCUT2D eigenvalue weighted by Gasteiger charge is -2.18. The molecule has 0 aliphatic heterocycles. The molecule has 0 aliphatic rings. The first-order valence-corrected chi connectivity index (χ1v) is 39.0. The molecule has 0 fully saturated rings. The molecule has 8 aromatic carbocycles. The van der Waals surface area contributed by atoms with Gasteiger partial charge in [-0.15, -0.1) is 0 Å². The topological polar surface area (TPSA) is 307 Å². The van der Waals surface area contributed by atoms with Gasteiger partial charge in [-0.2, -0.15) is 0 Å². The second kappa shape index (κ2) is 41.5. The van der Waals surface area contributed by atoms with E-state index in [1.165, 1.54) is 41.5 Å². The lowest BCUT2D eigenvalue weighted by atomic mass is 9.86. The van der Waals surface area contributed by atoms with Crippen molar-refractivity contribution < 1.29 is 79.9 Å². The number of pyridine rings is 4. The summed E-state index contributed by atoms with van der Waals surface area (Å²) in [6.07, 6.45) is 6.65. The number of aromatic nitrogens is 8. The zero-order valence-corrected chi connectivity index (χ0v) is 68.4. The van der Waals surface area contributed by atoms with Gasteiger partial charge in [0.2, 0.25) is 23.5 Å². The maximum absolute atomic E-state index is 12.3. The van der Waals surface area contributed by atoms with Crippen molar-refractivity contribution in [3.8, 4) is 97.3 Å². The predicted octanol–water partition coefficient (Wildman–Crippen LogP) is 22.3. The van der Waals surface area contributed by atoms with Crippen LogP contribution in [-0.4, -0.2) is 71.5 Å². The number of para-hydroxylation sites is 4. The number of methoxy groups -OCH3 is 1. The van der Waals surface area contributed by atoms with Crippen LogP contribution >= 0.6 is 0 Å². The molecule has 8 heterocycles. The van der Waals surface area contributed by atoms with E-state index in [2.05, 4.69) is 112 Å². The SMILES string of the molecule is CC(C)(C)c1ccc(-c2cc(COC(=O)c3ccc(Oc4ccccc4)nc3)on2)cc1.CCc1ccc(-c2cc(COC(=O)c3ccc(Oc4ccccc4)nc3)on2)cc1.COc1ccc(-c2cc(COC(=O)c3ccc(Oc4ccccc4)nc3)on2)cc1.Cc1cc(C)c(-c2cc(COC(=O)c3ccc(Oc4ccccc4)nc3)on2)c(C)c1. The number of carbonyl (C=O) groups excluding carboxylic acids is 4. The third-order valence-corrected chi connectivity index (χ3v) is 18.4. The molecule has 0 spiro atoms. The summed E-state index contributed by atoms with van der Waals surface area (Å²) in [4.78, 5) is 65.8. The highest BCUT2D eigenvalue weighted by Crippen LogP contribution is 2.32. The molecule has 123 heavy (non-hydrogen) atoms. The van der Waals surface area contributed by atoms with Gasteiger partial charge in [-0.05, 0) is 152 Å². The van der Waals surface area contributed by atoms with Crippen molar-refractivity contribution in [2.24, 2.45) is 0 Å². The van der Waals surface area contributed by atoms with Crippen LogP contribution in [0.5, 0.6) is 52.3 Å². The van der Waals surface area contributed by atoms with Gasteiger partial charge in [0.05, 0.1) is 29.4 Å². The molecule has 0 radical (unpaired) electrons. The monoisotopic (exact) mass is 1640 g/mol. The van der Waals surface area contributed by atoms with Gasteiger partial charge >= 0.3 is 23.9 Å². The Morgan fingerprint density at radius 1 is 0.325 bits per heavy atom. The largest absolute Gasteiger partial charge is 0.497 e. The predicted molar refractivity (Wildman–Crippen MR) is 456 cm³/mol. The smallest absolute Gasteiger partial charge is 0.340 e. The Morgan fingerprint density at radius 2 is 0.610 bits per heavy atom. The van der Waals surface area contributed by atoms with Gasteiger partial charge in [0.1, 0.15) is 51.5 Å². The number of hydrogen-bond acceptors (Lipinski definition) is 25. The Bertz CT molecular complexity index is 5880. The van der Waals surface area contributed by atoms with Crippen LogP contribution in [0.1, 0.15) is 120 Å². The van der Waals surface area contributed by atoms with E-state index in [0.29, 0.717) is 109 Å². The Balaban J connectivity index is 0.000000141. The van der Waals surface area contributed by atoms with Gasteiger partial charge in [-0.25, -0.2) is 39.1 Å². The fourth-order valence-corrected chi connectivity index (χ4v) is 12.0. The lowest BCUT2D eigenvalue weighted by molar-refractivity contribution is 0.0429. The number of hydrogen-bond donors (Lipinski definition) is 0. The zero-order valence-electron chi connectivity index (χ0n) is 68.4. The molecule has 8 aromatic heterocycles. The van der Waals surface area contributed by atoms with Crippen molar-refractivity contribution >= 4 is 23.9 Å². The van der Waals surface area contributed by atoms with Gasteiger partial charge in [0.25, 0.3) is 0 Å². The summed E-state index contributed by atoms with van der Waals surface area (Å²) in [5.74, 6) is 4.82. The van der Waals surface area contributed by atoms with E-state index in [-0.39, 0.29) is 31.8 Å². The minimum atomic E-state index is -0.517. The average molecular weight is 1650 g/mol. The standard InChI is InChI=1S/C26H24N2O4.C25H22N2O4.C24H20N2O4.C23H18N2O5/c1-26(2,3)20-12-9-18(10-13-20)23-15-22(32-28-23)17-30-25(29)19-11-14-24(27-16-19)31-21-7-5-4-6-8-21;1-16-11-17(2)24(18(3)12-16)22-13-21(31-27-22)15-29-25(28)19-9-10-23(26-14-19)30-20-7-5-4-6-8-20;1-2-17-8-10-18(11-9-17)22-14-21(30-26-22)16-28-24(27)19-12-13-23(25-15-19)29-20-6-4-3-5-7-20;1-27-18-10-7-16(8-11-18)21-13-20(30-25-21)15-28-23(26)17-9-12-22(24-14-17)29-19-5-3-2-4-6-19/h4-16H,17H2,1-3H3;4-14H,15H2,1-3H3;3-15H,2,16H2,1H3;2-14H,15H2,1H3. The molecule has 0 unspecified atom stereocenters. The van der Waals surface area contributed by atoms with E-state index in [1.807, 2.05) is 184 Å². The normalized spacial score (nSPS) is 10.7. The van der Waals surface area contributed by atoms with Crippen LogP contribution < -0.4 is 23.7 Å². The van der Waals surface area contributed by atoms with Crippen LogP contribution in [0, 0.1) is 20.8 Å². The molecule has 0 amide bonds. The first-order chi connectivity index (χ1) is 59.8. The molecule has 0 saturated carbocycles. The summed E-state index contributed by atoms with van der Waals surface area (Å²) in [7, 11) is 1.61. The summed E-state index contributed by atoms with van der Waals surface area (Å²) in [5, 5.41) is 16.3. The molecule has 0 bridgehead atoms. The van der Waals surface area contributed by atoms with Gasteiger partial charge < -0.3 is 60.7 Å². The molecule has 0 aliphatic carbocycles. The van der Waals surface area contributed by atoms with Crippen LogP contribution in [0.2, 0.25) is 0 Å². The number of rotatable bonds is 26. The molecule has 618 valence electrons. The number of benzene rings is 8. The number of esters is 4. The molecular weight excluding hydrogens is 1560 g/mol. The summed E-state index contributed by atoms with van der Waals surface area (Å²) >= 11 is 0. The van der Waals surface area contributed by atoms with Crippen LogP contribution in [0.3, 0.4) is 0 Å². The maximum atomic E-state index is 12.3. The number of nitrogens with zero attached hydrogens (tertiary/aromatic N) is 8. The summed E-state index contributed by atoms with van der Waals surface area (Å²) in [6, 6.07) is 85.1. The first kappa shape index (κ1) is 85.0. The quantitative estimate of drug-likeness (QED) is 0.0359. The van der Waals surface area contributed by atoms with Gasteiger partial charge in [0.15, 0.2) is 49.5 Å². The van der Waals surface area contributed by atoms with Gasteiger partial charge in [0, 0.05) is 95.6 Å². The van der Waals surface area contributed by atoms with E-state index in [0.717, 1.165) is 51.2 Å². The van der Waals surface area contributed by atoms with Gasteiger partial charge in [-0.1, -0.05) is 187 Å². The van der Waals surface area contributed by atoms with Crippen molar-refractivity contribution in [2.75, 3.05) is 7.11 Å². The van der Waals surface area contributed by atoms with Crippen molar-refractivity contribution in [3.63, 3.8) is 0 Å². The van der Waals surface area contributed by atoms with Crippen LogP contribution in [0.15, 0.2) is 322 Å². The molecule has 0 saturated heterocycles. The fraction of sp³-hybridized carbons (Fsp3) is 0.143. The minimum Gasteiger partial charge on any atom is -0.497 e. The highest BCUT2D eigenvalue weighted by Gasteiger charge is 2.21. The summed E-state index contributed by atoms with van der Waals surface area (Å²) < 4.78 is 70.1. The van der Waals surface area contributed by atoms with Crippen molar-refractivity contribution in [1.82, 2.24) is 40.6 Å². The third-order valence-electron chi connectivity index (χ3n) is 18.4. The molecule has 0 N–H and O–H groups in total. The summed E-state index contributed by atoms with van der Waals surface area (Å²) in [6.45, 7) is 14.7. The van der Waals surface area contributed by atoms with Crippen LogP contribution in [0.4, 0.5) is 0 Å². The zero-order chi connectivity index (χ0) is 85.9. The van der Waals surface area contributed by atoms with Crippen molar-refractivity contribution in [3.05, 3.63) is 377 Å². The summed E-state index contributed by atoms with van der Waals surface area (Å²) in [5.41, 5.74) is 13.9. The van der Waals surface area contributed by atoms with E-state index in [4.69, 9.17) is 60.7 Å². The fourth-order valence-electron chi connectivity index (χ4n) is 12.0. The Morgan fingerprint density at radius 3 is 0.886 bits per heavy atom. The molecule has 25 heteroatoms. The first-order valence-electron chi connectivity index (χ1n) is 39.0. The number of carbonyl (C=O) groups is 4. The highest BCUT2D eigenvalue weighted by molar-refractivity contribution is 5.91. The second-order valence-corrected chi connectivity index (χ2v) is 28.6. The maximum Gasteiger partial charge on any atom is 0.340 e. The molecular formula is C98H84N8O17. The van der Waals surface area contributed by atoms with Crippen LogP contribution in [-0.2, 0) is 57.2 Å². The van der Waals surface area contributed by atoms with E-state index >= 15 is 0 Å². The minimum absolute atomic E-state index is 0.0128. The number of ether oxygens (including phenoxy) is 9. The second-order valence-electron chi connectivity index (χ2n) is 28.6. The lowest BCUT2D eigenvalue weighted by Crippen LogP contribution is -2.10. The third kappa shape index (κ3) is 24.6. The Hall–Kier alpha value is -15.9. The van der Waals surface area contributed by atoms with E-state index in [9.17, 15) is 19.2 Å². The molecule has 0 atom stereocenters. The van der Waals surface area contributed by atoms with E-state index < -0.39 is 23.9 Å².